The zero-order chi connectivity index (χ0) is 13.5. The smallest absolute Gasteiger partial charge is 0.220 e. The van der Waals surface area contributed by atoms with E-state index in [-0.39, 0.29) is 12.0 Å². The predicted molar refractivity (Wildman–Crippen MR) is 72.6 cm³/mol. The Kier molecular flexibility index (Phi) is 5.36. The highest BCUT2D eigenvalue weighted by Crippen LogP contribution is 2.17. The van der Waals surface area contributed by atoms with E-state index < -0.39 is 6.10 Å². The summed E-state index contributed by atoms with van der Waals surface area (Å²) in [5.41, 5.74) is 0.856. The van der Waals surface area contributed by atoms with Crippen molar-refractivity contribution in [2.24, 2.45) is 0 Å². The van der Waals surface area contributed by atoms with Crippen molar-refractivity contribution in [2.45, 2.75) is 37.9 Å². The molecular weight excluding hydrogens is 242 g/mol. The van der Waals surface area contributed by atoms with Crippen LogP contribution in [0.1, 0.15) is 37.4 Å². The molecule has 2 atom stereocenters. The van der Waals surface area contributed by atoms with Crippen molar-refractivity contribution in [2.75, 3.05) is 13.2 Å². The highest BCUT2D eigenvalue weighted by Gasteiger charge is 2.16. The Bertz CT molecular complexity index is 388. The van der Waals surface area contributed by atoms with Crippen LogP contribution in [0, 0.1) is 0 Å². The number of ether oxygens (including phenoxy) is 1. The first-order valence-electron chi connectivity index (χ1n) is 6.87. The van der Waals surface area contributed by atoms with E-state index in [4.69, 9.17) is 4.74 Å². The summed E-state index contributed by atoms with van der Waals surface area (Å²) in [4.78, 5) is 11.7. The average molecular weight is 263 g/mol. The van der Waals surface area contributed by atoms with Crippen molar-refractivity contribution in [3.8, 4) is 0 Å². The zero-order valence-electron chi connectivity index (χ0n) is 11.0. The van der Waals surface area contributed by atoms with Crippen LogP contribution in [0.5, 0.6) is 0 Å². The number of rotatable bonds is 6. The van der Waals surface area contributed by atoms with Crippen LogP contribution in [0.2, 0.25) is 0 Å². The van der Waals surface area contributed by atoms with Crippen molar-refractivity contribution < 1.29 is 14.6 Å². The molecular formula is C15H21NO3. The molecule has 0 bridgehead atoms. The largest absolute Gasteiger partial charge is 0.388 e. The highest BCUT2D eigenvalue weighted by molar-refractivity contribution is 5.75. The highest BCUT2D eigenvalue weighted by atomic mass is 16.5. The number of amides is 1. The fourth-order valence-corrected chi connectivity index (χ4v) is 2.23. The third-order valence-corrected chi connectivity index (χ3v) is 3.38. The maximum Gasteiger partial charge on any atom is 0.220 e. The number of carbonyl (C=O) groups is 1. The lowest BCUT2D eigenvalue weighted by Gasteiger charge is -2.13. The first kappa shape index (κ1) is 14.0. The molecule has 1 aliphatic heterocycles. The molecule has 4 heteroatoms. The zero-order valence-corrected chi connectivity index (χ0v) is 11.0. The lowest BCUT2D eigenvalue weighted by molar-refractivity contribution is -0.122. The number of aliphatic hydroxyl groups is 1. The van der Waals surface area contributed by atoms with Crippen LogP contribution in [0.15, 0.2) is 30.3 Å². The molecule has 4 nitrogen and oxygen atoms in total. The molecule has 1 heterocycles. The van der Waals surface area contributed by atoms with E-state index in [1.807, 2.05) is 30.3 Å². The molecule has 0 radical (unpaired) electrons. The molecule has 0 spiro atoms. The van der Waals surface area contributed by atoms with Gasteiger partial charge in [-0.15, -0.1) is 0 Å². The van der Waals surface area contributed by atoms with Gasteiger partial charge in [-0.3, -0.25) is 4.79 Å². The topological polar surface area (TPSA) is 58.6 Å². The summed E-state index contributed by atoms with van der Waals surface area (Å²) in [5, 5.41) is 12.8. The summed E-state index contributed by atoms with van der Waals surface area (Å²) in [6.07, 6.45) is 2.47. The first-order chi connectivity index (χ1) is 9.25. The van der Waals surface area contributed by atoms with Crippen molar-refractivity contribution in [3.05, 3.63) is 35.9 Å². The van der Waals surface area contributed by atoms with E-state index >= 15 is 0 Å². The summed E-state index contributed by atoms with van der Waals surface area (Å²) in [7, 11) is 0. The normalized spacial score (nSPS) is 20.2. The van der Waals surface area contributed by atoms with Gasteiger partial charge in [-0.1, -0.05) is 30.3 Å². The second kappa shape index (κ2) is 7.26. The molecule has 2 unspecified atom stereocenters. The van der Waals surface area contributed by atoms with Gasteiger partial charge in [0.25, 0.3) is 0 Å². The Morgan fingerprint density at radius 2 is 2.21 bits per heavy atom. The van der Waals surface area contributed by atoms with Crippen LogP contribution in [-0.2, 0) is 9.53 Å². The van der Waals surface area contributed by atoms with E-state index in [2.05, 4.69) is 5.32 Å². The number of aliphatic hydroxyl groups excluding tert-OH is 1. The van der Waals surface area contributed by atoms with Gasteiger partial charge in [0.15, 0.2) is 0 Å². The summed E-state index contributed by atoms with van der Waals surface area (Å²) < 4.78 is 5.43. The first-order valence-corrected chi connectivity index (χ1v) is 6.87. The van der Waals surface area contributed by atoms with Gasteiger partial charge in [0.05, 0.1) is 12.2 Å². The van der Waals surface area contributed by atoms with Crippen molar-refractivity contribution >= 4 is 5.91 Å². The van der Waals surface area contributed by atoms with Gasteiger partial charge in [0.1, 0.15) is 0 Å². The lowest BCUT2D eigenvalue weighted by atomic mass is 10.0. The Balaban J connectivity index is 1.65. The third-order valence-electron chi connectivity index (χ3n) is 3.38. The standard InChI is InChI=1S/C15H21NO3/c17-14(12-5-2-1-3-6-12)8-9-15(18)16-11-13-7-4-10-19-13/h1-3,5-6,13-14,17H,4,7-11H2,(H,16,18). The van der Waals surface area contributed by atoms with Crippen LogP contribution in [0.3, 0.4) is 0 Å². The Morgan fingerprint density at radius 1 is 1.42 bits per heavy atom. The second-order valence-electron chi connectivity index (χ2n) is 4.90. The number of carbonyl (C=O) groups excluding carboxylic acids is 1. The van der Waals surface area contributed by atoms with Gasteiger partial charge in [-0.05, 0) is 24.8 Å². The Labute approximate surface area is 113 Å². The molecule has 0 aromatic heterocycles. The maximum absolute atomic E-state index is 11.7. The number of hydrogen-bond donors (Lipinski definition) is 2. The van der Waals surface area contributed by atoms with Crippen molar-refractivity contribution in [1.29, 1.82) is 0 Å². The lowest BCUT2D eigenvalue weighted by Crippen LogP contribution is -2.31. The SMILES string of the molecule is O=C(CCC(O)c1ccccc1)NCC1CCCO1. The van der Waals surface area contributed by atoms with Crippen molar-refractivity contribution in [1.82, 2.24) is 5.32 Å². The fraction of sp³-hybridized carbons (Fsp3) is 0.533. The molecule has 1 aliphatic rings. The summed E-state index contributed by atoms with van der Waals surface area (Å²) in [6.45, 7) is 1.38. The van der Waals surface area contributed by atoms with E-state index in [1.165, 1.54) is 0 Å². The molecule has 0 aliphatic carbocycles. The van der Waals surface area contributed by atoms with Crippen LogP contribution < -0.4 is 5.32 Å². The van der Waals surface area contributed by atoms with Gasteiger partial charge >= 0.3 is 0 Å². The molecule has 1 aromatic carbocycles. The van der Waals surface area contributed by atoms with E-state index in [0.717, 1.165) is 25.0 Å². The van der Waals surface area contributed by atoms with Gasteiger partial charge < -0.3 is 15.2 Å². The van der Waals surface area contributed by atoms with Crippen LogP contribution in [0.25, 0.3) is 0 Å². The Hall–Kier alpha value is -1.39. The monoisotopic (exact) mass is 263 g/mol. The minimum Gasteiger partial charge on any atom is -0.388 e. The van der Waals surface area contributed by atoms with E-state index in [0.29, 0.717) is 19.4 Å². The van der Waals surface area contributed by atoms with Crippen LogP contribution in [-0.4, -0.2) is 30.3 Å². The fourth-order valence-electron chi connectivity index (χ4n) is 2.23. The minimum atomic E-state index is -0.574. The second-order valence-corrected chi connectivity index (χ2v) is 4.90. The Morgan fingerprint density at radius 3 is 2.89 bits per heavy atom. The van der Waals surface area contributed by atoms with Gasteiger partial charge in [-0.25, -0.2) is 0 Å². The van der Waals surface area contributed by atoms with Crippen LogP contribution >= 0.6 is 0 Å². The summed E-state index contributed by atoms with van der Waals surface area (Å²) in [6, 6.07) is 9.42. The van der Waals surface area contributed by atoms with Crippen LogP contribution in [0.4, 0.5) is 0 Å². The molecule has 2 N–H and O–H groups in total. The van der Waals surface area contributed by atoms with E-state index in [9.17, 15) is 9.90 Å². The molecule has 0 saturated carbocycles. The molecule has 2 rings (SSSR count). The number of hydrogen-bond acceptors (Lipinski definition) is 3. The summed E-state index contributed by atoms with van der Waals surface area (Å²) in [5.74, 6) is -0.0227. The molecule has 1 saturated heterocycles. The average Bonchev–Trinajstić information content (AvgIpc) is 2.96. The predicted octanol–water partition coefficient (Wildman–Crippen LogP) is 1.80. The van der Waals surface area contributed by atoms with Gasteiger partial charge in [0, 0.05) is 19.6 Å². The number of nitrogens with one attached hydrogen (secondary N) is 1. The van der Waals surface area contributed by atoms with Gasteiger partial charge in [-0.2, -0.15) is 0 Å². The minimum absolute atomic E-state index is 0.0227. The van der Waals surface area contributed by atoms with E-state index in [1.54, 1.807) is 0 Å². The van der Waals surface area contributed by atoms with Gasteiger partial charge in [0.2, 0.25) is 5.91 Å². The third kappa shape index (κ3) is 4.65. The molecule has 1 amide bonds. The molecule has 1 fully saturated rings. The number of benzene rings is 1. The quantitative estimate of drug-likeness (QED) is 0.822. The maximum atomic E-state index is 11.7. The molecule has 19 heavy (non-hydrogen) atoms. The molecule has 1 aromatic rings. The molecule has 104 valence electrons. The summed E-state index contributed by atoms with van der Waals surface area (Å²) >= 11 is 0. The van der Waals surface area contributed by atoms with Crippen molar-refractivity contribution in [3.63, 3.8) is 0 Å².